The van der Waals surface area contributed by atoms with Crippen molar-refractivity contribution in [2.45, 2.75) is 52.1 Å². The quantitative estimate of drug-likeness (QED) is 0.869. The number of aromatic nitrogens is 1. The van der Waals surface area contributed by atoms with Crippen molar-refractivity contribution in [3.63, 3.8) is 0 Å². The van der Waals surface area contributed by atoms with E-state index >= 15 is 0 Å². The number of hydrogen-bond donors (Lipinski definition) is 1. The number of aryl methyl sites for hydroxylation is 2. The van der Waals surface area contributed by atoms with E-state index < -0.39 is 0 Å². The normalized spacial score (nSPS) is 26.7. The Kier molecular flexibility index (Phi) is 3.02. The lowest BCUT2D eigenvalue weighted by Crippen LogP contribution is -2.29. The third-order valence-corrected chi connectivity index (χ3v) is 4.38. The number of fused-ring (bicyclic) bond motifs is 1. The third kappa shape index (κ3) is 1.91. The summed E-state index contributed by atoms with van der Waals surface area (Å²) < 4.78 is 0. The highest BCUT2D eigenvalue weighted by Gasteiger charge is 2.29. The summed E-state index contributed by atoms with van der Waals surface area (Å²) in [5.41, 5.74) is 9.90. The number of anilines is 1. The Hall–Kier alpha value is -1.09. The van der Waals surface area contributed by atoms with Crippen LogP contribution in [0.1, 0.15) is 43.5 Å². The molecule has 2 atom stereocenters. The van der Waals surface area contributed by atoms with E-state index in [0.717, 1.165) is 24.7 Å². The molecular formula is C15H23N3. The van der Waals surface area contributed by atoms with E-state index in [2.05, 4.69) is 24.8 Å². The number of nitrogens with zero attached hydrogens (tertiary/aromatic N) is 2. The molecule has 18 heavy (non-hydrogen) atoms. The molecule has 2 aliphatic rings. The smallest absolute Gasteiger partial charge is 0.133 e. The maximum Gasteiger partial charge on any atom is 0.133 e. The van der Waals surface area contributed by atoms with Crippen LogP contribution in [0, 0.1) is 5.92 Å². The van der Waals surface area contributed by atoms with Gasteiger partial charge in [-0.25, -0.2) is 4.98 Å². The molecule has 0 saturated carbocycles. The molecule has 0 bridgehead atoms. The van der Waals surface area contributed by atoms with E-state index in [1.165, 1.54) is 36.1 Å². The lowest BCUT2D eigenvalue weighted by molar-refractivity contribution is 0.625. The van der Waals surface area contributed by atoms with Crippen molar-refractivity contribution >= 4 is 5.82 Å². The minimum atomic E-state index is 0.595. The maximum atomic E-state index is 5.93. The van der Waals surface area contributed by atoms with Gasteiger partial charge in [0.15, 0.2) is 0 Å². The standard InChI is InChI=1S/C15H23N3/c1-10-6-11(2)18(9-10)15-13(8-16)7-12-4-3-5-14(12)17-15/h7,10-11H,3-6,8-9,16H2,1-2H3. The van der Waals surface area contributed by atoms with Crippen molar-refractivity contribution in [3.05, 3.63) is 22.9 Å². The fourth-order valence-electron chi connectivity index (χ4n) is 3.50. The van der Waals surface area contributed by atoms with Crippen LogP contribution in [0.15, 0.2) is 6.07 Å². The van der Waals surface area contributed by atoms with Gasteiger partial charge in [-0.3, -0.25) is 0 Å². The molecule has 0 amide bonds. The molecule has 2 N–H and O–H groups in total. The van der Waals surface area contributed by atoms with Crippen LogP contribution in [0.5, 0.6) is 0 Å². The first-order valence-electron chi connectivity index (χ1n) is 7.17. The van der Waals surface area contributed by atoms with Gasteiger partial charge in [0, 0.05) is 30.4 Å². The van der Waals surface area contributed by atoms with Crippen molar-refractivity contribution in [2.24, 2.45) is 11.7 Å². The van der Waals surface area contributed by atoms with Gasteiger partial charge in [-0.2, -0.15) is 0 Å². The van der Waals surface area contributed by atoms with Gasteiger partial charge < -0.3 is 10.6 Å². The van der Waals surface area contributed by atoms with Gasteiger partial charge in [-0.05, 0) is 50.2 Å². The van der Waals surface area contributed by atoms with Gasteiger partial charge >= 0.3 is 0 Å². The molecule has 0 spiro atoms. The van der Waals surface area contributed by atoms with E-state index in [0.29, 0.717) is 12.6 Å². The van der Waals surface area contributed by atoms with E-state index in [-0.39, 0.29) is 0 Å². The predicted octanol–water partition coefficient (Wildman–Crippen LogP) is 2.26. The highest BCUT2D eigenvalue weighted by molar-refractivity contribution is 5.52. The number of hydrogen-bond acceptors (Lipinski definition) is 3. The lowest BCUT2D eigenvalue weighted by atomic mass is 10.1. The highest BCUT2D eigenvalue weighted by atomic mass is 15.2. The fraction of sp³-hybridized carbons (Fsp3) is 0.667. The van der Waals surface area contributed by atoms with Crippen LogP contribution in [-0.4, -0.2) is 17.6 Å². The average Bonchev–Trinajstić information content (AvgIpc) is 2.93. The largest absolute Gasteiger partial charge is 0.353 e. The average molecular weight is 245 g/mol. The summed E-state index contributed by atoms with van der Waals surface area (Å²) in [5.74, 6) is 1.93. The Morgan fingerprint density at radius 2 is 2.22 bits per heavy atom. The molecule has 3 rings (SSSR count). The van der Waals surface area contributed by atoms with Gasteiger partial charge in [-0.1, -0.05) is 6.92 Å². The van der Waals surface area contributed by atoms with Crippen LogP contribution in [0.2, 0.25) is 0 Å². The van der Waals surface area contributed by atoms with Crippen LogP contribution in [0.4, 0.5) is 5.82 Å². The van der Waals surface area contributed by atoms with Crippen LogP contribution in [0.25, 0.3) is 0 Å². The first-order chi connectivity index (χ1) is 8.69. The third-order valence-electron chi connectivity index (χ3n) is 4.38. The van der Waals surface area contributed by atoms with E-state index in [1.54, 1.807) is 0 Å². The van der Waals surface area contributed by atoms with Gasteiger partial charge in [-0.15, -0.1) is 0 Å². The molecule has 3 nitrogen and oxygen atoms in total. The molecular weight excluding hydrogens is 222 g/mol. The molecule has 0 aromatic carbocycles. The fourth-order valence-corrected chi connectivity index (χ4v) is 3.50. The molecule has 1 aromatic rings. The minimum absolute atomic E-state index is 0.595. The van der Waals surface area contributed by atoms with Crippen molar-refractivity contribution in [2.75, 3.05) is 11.4 Å². The summed E-state index contributed by atoms with van der Waals surface area (Å²) in [4.78, 5) is 7.40. The molecule has 0 radical (unpaired) electrons. The first kappa shape index (κ1) is 12.0. The minimum Gasteiger partial charge on any atom is -0.353 e. The van der Waals surface area contributed by atoms with Crippen LogP contribution < -0.4 is 10.6 Å². The second-order valence-electron chi connectivity index (χ2n) is 5.98. The topological polar surface area (TPSA) is 42.2 Å². The van der Waals surface area contributed by atoms with Crippen molar-refractivity contribution in [3.8, 4) is 0 Å². The zero-order chi connectivity index (χ0) is 12.7. The molecule has 1 fully saturated rings. The van der Waals surface area contributed by atoms with Gasteiger partial charge in [0.1, 0.15) is 5.82 Å². The lowest BCUT2D eigenvalue weighted by Gasteiger charge is -2.25. The number of nitrogens with two attached hydrogens (primary N) is 1. The van der Waals surface area contributed by atoms with Crippen molar-refractivity contribution in [1.82, 2.24) is 4.98 Å². The van der Waals surface area contributed by atoms with Crippen LogP contribution >= 0.6 is 0 Å². The van der Waals surface area contributed by atoms with Crippen molar-refractivity contribution < 1.29 is 0 Å². The van der Waals surface area contributed by atoms with Gasteiger partial charge in [0.05, 0.1) is 0 Å². The maximum absolute atomic E-state index is 5.93. The molecule has 1 aliphatic carbocycles. The zero-order valence-corrected chi connectivity index (χ0v) is 11.4. The summed E-state index contributed by atoms with van der Waals surface area (Å²) >= 11 is 0. The van der Waals surface area contributed by atoms with Gasteiger partial charge in [0.25, 0.3) is 0 Å². The van der Waals surface area contributed by atoms with Crippen LogP contribution in [0.3, 0.4) is 0 Å². The zero-order valence-electron chi connectivity index (χ0n) is 11.4. The molecule has 2 unspecified atom stereocenters. The Balaban J connectivity index is 2.00. The molecule has 1 aliphatic heterocycles. The first-order valence-corrected chi connectivity index (χ1v) is 7.17. The highest BCUT2D eigenvalue weighted by Crippen LogP contribution is 2.32. The van der Waals surface area contributed by atoms with E-state index in [9.17, 15) is 0 Å². The number of rotatable bonds is 2. The Morgan fingerprint density at radius 1 is 1.39 bits per heavy atom. The SMILES string of the molecule is CC1CC(C)N(c2nc3c(cc2CN)CCC3)C1. The van der Waals surface area contributed by atoms with E-state index in [1.807, 2.05) is 0 Å². The molecule has 98 valence electrons. The van der Waals surface area contributed by atoms with Crippen LogP contribution in [-0.2, 0) is 19.4 Å². The Labute approximate surface area is 109 Å². The molecule has 3 heteroatoms. The summed E-state index contributed by atoms with van der Waals surface area (Å²) in [5, 5.41) is 0. The second kappa shape index (κ2) is 4.54. The van der Waals surface area contributed by atoms with E-state index in [4.69, 9.17) is 10.7 Å². The summed E-state index contributed by atoms with van der Waals surface area (Å²) in [6, 6.07) is 2.90. The van der Waals surface area contributed by atoms with Crippen molar-refractivity contribution in [1.29, 1.82) is 0 Å². The Morgan fingerprint density at radius 3 is 2.89 bits per heavy atom. The molecule has 1 aromatic heterocycles. The van der Waals surface area contributed by atoms with Gasteiger partial charge in [0.2, 0.25) is 0 Å². The number of pyridine rings is 1. The molecule has 1 saturated heterocycles. The summed E-state index contributed by atoms with van der Waals surface area (Å²) in [6.07, 6.45) is 4.84. The molecule has 2 heterocycles. The second-order valence-corrected chi connectivity index (χ2v) is 5.98. The summed E-state index contributed by atoms with van der Waals surface area (Å²) in [7, 11) is 0. The monoisotopic (exact) mass is 245 g/mol. The Bertz CT molecular complexity index is 455. The predicted molar refractivity (Wildman–Crippen MR) is 74.7 cm³/mol. The summed E-state index contributed by atoms with van der Waals surface area (Å²) in [6.45, 7) is 6.36.